The zero-order valence-electron chi connectivity index (χ0n) is 20.4. The summed E-state index contributed by atoms with van der Waals surface area (Å²) in [5.41, 5.74) is 4.40. The first-order valence-corrected chi connectivity index (χ1v) is 12.2. The molecule has 0 spiro atoms. The summed E-state index contributed by atoms with van der Waals surface area (Å²) in [7, 11) is 0. The van der Waals surface area contributed by atoms with Gasteiger partial charge in [0.25, 0.3) is 0 Å². The summed E-state index contributed by atoms with van der Waals surface area (Å²) in [6.07, 6.45) is 10.0. The summed E-state index contributed by atoms with van der Waals surface area (Å²) >= 11 is 0. The Balaban J connectivity index is 1.41. The highest BCUT2D eigenvalue weighted by Crippen LogP contribution is 2.34. The maximum Gasteiger partial charge on any atom is 0.224 e. The van der Waals surface area contributed by atoms with Crippen LogP contribution in [0.2, 0.25) is 0 Å². The molecule has 6 aromatic heterocycles. The van der Waals surface area contributed by atoms with Gasteiger partial charge in [0.15, 0.2) is 17.3 Å². The van der Waals surface area contributed by atoms with Gasteiger partial charge in [-0.25, -0.2) is 14.4 Å². The van der Waals surface area contributed by atoms with Crippen LogP contribution in [-0.4, -0.2) is 46.0 Å². The van der Waals surface area contributed by atoms with E-state index in [0.717, 1.165) is 24.1 Å². The standard InChI is InChI=1S/C27H22FN9O/c1-2-3-7-20(38)33-16-11-15(12-29-13-16)23-22(28)21-19(14-32-23)36-37-25(21)27-34-24-17(8-10-31-26(24)35-27)18-6-4-5-9-30-18/h4-6,8-14H,2-3,7H2,1H3,(H,33,38)(H,36,37)(H,31,34,35). The van der Waals surface area contributed by atoms with Gasteiger partial charge in [-0.1, -0.05) is 19.4 Å². The van der Waals surface area contributed by atoms with Gasteiger partial charge in [0.1, 0.15) is 11.4 Å². The summed E-state index contributed by atoms with van der Waals surface area (Å²) in [4.78, 5) is 37.2. The monoisotopic (exact) mass is 507 g/mol. The van der Waals surface area contributed by atoms with Crippen molar-refractivity contribution in [3.05, 3.63) is 67.1 Å². The zero-order chi connectivity index (χ0) is 26.1. The maximum atomic E-state index is 16.0. The van der Waals surface area contributed by atoms with Crippen molar-refractivity contribution in [1.82, 2.24) is 40.1 Å². The molecule has 3 N–H and O–H groups in total. The molecule has 0 aromatic carbocycles. The summed E-state index contributed by atoms with van der Waals surface area (Å²) in [5.74, 6) is -0.343. The van der Waals surface area contributed by atoms with Crippen LogP contribution in [0.3, 0.4) is 0 Å². The first-order valence-electron chi connectivity index (χ1n) is 12.2. The van der Waals surface area contributed by atoms with E-state index in [-0.39, 0.29) is 17.0 Å². The van der Waals surface area contributed by atoms with Crippen LogP contribution >= 0.6 is 0 Å². The molecule has 0 fully saturated rings. The average molecular weight is 508 g/mol. The number of anilines is 1. The van der Waals surface area contributed by atoms with E-state index in [9.17, 15) is 4.79 Å². The fraction of sp³-hybridized carbons (Fsp3) is 0.148. The van der Waals surface area contributed by atoms with Crippen LogP contribution in [0.25, 0.3) is 56.1 Å². The highest BCUT2D eigenvalue weighted by atomic mass is 19.1. The van der Waals surface area contributed by atoms with Crippen molar-refractivity contribution in [2.75, 3.05) is 5.32 Å². The second kappa shape index (κ2) is 9.77. The smallest absolute Gasteiger partial charge is 0.224 e. The predicted molar refractivity (Wildman–Crippen MR) is 141 cm³/mol. The summed E-state index contributed by atoms with van der Waals surface area (Å²) in [6.45, 7) is 2.02. The molecule has 0 radical (unpaired) electrons. The number of imidazole rings is 1. The van der Waals surface area contributed by atoms with Crippen molar-refractivity contribution >= 4 is 33.7 Å². The van der Waals surface area contributed by atoms with Crippen LogP contribution in [0.4, 0.5) is 10.1 Å². The molecule has 10 nitrogen and oxygen atoms in total. The van der Waals surface area contributed by atoms with Gasteiger partial charge in [0.05, 0.1) is 40.2 Å². The summed E-state index contributed by atoms with van der Waals surface area (Å²) in [6, 6.07) is 9.13. The Morgan fingerprint density at radius 3 is 2.82 bits per heavy atom. The zero-order valence-corrected chi connectivity index (χ0v) is 20.4. The molecule has 0 aliphatic carbocycles. The number of nitrogens with one attached hydrogen (secondary N) is 3. The van der Waals surface area contributed by atoms with E-state index < -0.39 is 5.82 Å². The van der Waals surface area contributed by atoms with Gasteiger partial charge in [0.2, 0.25) is 5.91 Å². The topological polar surface area (TPSA) is 138 Å². The van der Waals surface area contributed by atoms with E-state index in [0.29, 0.717) is 45.9 Å². The molecule has 188 valence electrons. The first kappa shape index (κ1) is 23.3. The number of amides is 1. The average Bonchev–Trinajstić information content (AvgIpc) is 3.57. The van der Waals surface area contributed by atoms with E-state index in [2.05, 4.69) is 45.4 Å². The molecule has 38 heavy (non-hydrogen) atoms. The number of carbonyl (C=O) groups is 1. The van der Waals surface area contributed by atoms with Crippen molar-refractivity contribution in [2.24, 2.45) is 0 Å². The van der Waals surface area contributed by atoms with Crippen molar-refractivity contribution in [3.8, 4) is 34.0 Å². The number of aromatic nitrogens is 8. The van der Waals surface area contributed by atoms with E-state index in [1.165, 1.54) is 18.6 Å². The molecular weight excluding hydrogens is 485 g/mol. The Hall–Kier alpha value is -5.06. The minimum atomic E-state index is -0.583. The number of hydrogen-bond acceptors (Lipinski definition) is 7. The number of nitrogens with zero attached hydrogens (tertiary/aromatic N) is 6. The minimum absolute atomic E-state index is 0.0840. The molecule has 0 saturated carbocycles. The molecule has 6 heterocycles. The quantitative estimate of drug-likeness (QED) is 0.267. The Bertz CT molecular complexity index is 1780. The van der Waals surface area contributed by atoms with Gasteiger partial charge in [-0.2, -0.15) is 5.10 Å². The van der Waals surface area contributed by atoms with Gasteiger partial charge in [-0.15, -0.1) is 0 Å². The van der Waals surface area contributed by atoms with Gasteiger partial charge in [-0.3, -0.25) is 24.8 Å². The summed E-state index contributed by atoms with van der Waals surface area (Å²) in [5, 5.41) is 10.2. The molecular formula is C27H22FN9O. The highest BCUT2D eigenvalue weighted by molar-refractivity contribution is 5.97. The lowest BCUT2D eigenvalue weighted by Crippen LogP contribution is -2.11. The lowest BCUT2D eigenvalue weighted by molar-refractivity contribution is -0.116. The van der Waals surface area contributed by atoms with E-state index in [1.54, 1.807) is 18.5 Å². The molecule has 0 aliphatic heterocycles. The second-order valence-electron chi connectivity index (χ2n) is 8.75. The van der Waals surface area contributed by atoms with Crippen LogP contribution in [0, 0.1) is 5.82 Å². The van der Waals surface area contributed by atoms with Crippen molar-refractivity contribution in [3.63, 3.8) is 0 Å². The molecule has 6 aromatic rings. The van der Waals surface area contributed by atoms with Crippen molar-refractivity contribution in [1.29, 1.82) is 0 Å². The van der Waals surface area contributed by atoms with E-state index >= 15 is 4.39 Å². The fourth-order valence-corrected chi connectivity index (χ4v) is 4.31. The third kappa shape index (κ3) is 4.23. The van der Waals surface area contributed by atoms with Gasteiger partial charge in [-0.05, 0) is 30.7 Å². The van der Waals surface area contributed by atoms with Gasteiger partial charge in [0, 0.05) is 36.1 Å². The number of pyridine rings is 4. The normalized spacial score (nSPS) is 11.3. The molecule has 1 amide bonds. The maximum absolute atomic E-state index is 16.0. The highest BCUT2D eigenvalue weighted by Gasteiger charge is 2.22. The number of carbonyl (C=O) groups excluding carboxylic acids is 1. The Kier molecular flexibility index (Phi) is 6.00. The minimum Gasteiger partial charge on any atom is -0.335 e. The molecule has 11 heteroatoms. The molecule has 0 saturated heterocycles. The van der Waals surface area contributed by atoms with Crippen molar-refractivity contribution < 1.29 is 9.18 Å². The molecule has 6 rings (SSSR count). The van der Waals surface area contributed by atoms with E-state index in [1.807, 2.05) is 31.2 Å². The third-order valence-corrected chi connectivity index (χ3v) is 6.15. The number of hydrogen-bond donors (Lipinski definition) is 3. The number of H-pyrrole nitrogens is 2. The molecule has 0 bridgehead atoms. The summed E-state index contributed by atoms with van der Waals surface area (Å²) < 4.78 is 16.0. The van der Waals surface area contributed by atoms with Crippen LogP contribution in [0.5, 0.6) is 0 Å². The largest absolute Gasteiger partial charge is 0.335 e. The SMILES string of the molecule is CCCCC(=O)Nc1cncc(-c2ncc3[nH]nc(-c4nc5nccc(-c6ccccn6)c5[nH]4)c3c2F)c1. The Labute approximate surface area is 215 Å². The molecule has 0 aliphatic rings. The first-order chi connectivity index (χ1) is 18.6. The van der Waals surface area contributed by atoms with Crippen LogP contribution < -0.4 is 5.32 Å². The van der Waals surface area contributed by atoms with Gasteiger partial charge >= 0.3 is 0 Å². The van der Waals surface area contributed by atoms with E-state index in [4.69, 9.17) is 0 Å². The van der Waals surface area contributed by atoms with Gasteiger partial charge < -0.3 is 10.3 Å². The Morgan fingerprint density at radius 2 is 1.97 bits per heavy atom. The number of aromatic amines is 2. The predicted octanol–water partition coefficient (Wildman–Crippen LogP) is 5.29. The second-order valence-corrected chi connectivity index (χ2v) is 8.75. The lowest BCUT2D eigenvalue weighted by Gasteiger charge is -2.08. The fourth-order valence-electron chi connectivity index (χ4n) is 4.31. The number of unbranched alkanes of at least 4 members (excludes halogenated alkanes) is 1. The number of fused-ring (bicyclic) bond motifs is 2. The number of halogens is 1. The molecule has 0 unspecified atom stereocenters. The Morgan fingerprint density at radius 1 is 1.05 bits per heavy atom. The lowest BCUT2D eigenvalue weighted by atomic mass is 10.1. The van der Waals surface area contributed by atoms with Crippen LogP contribution in [0.15, 0.2) is 61.3 Å². The van der Waals surface area contributed by atoms with Crippen LogP contribution in [0.1, 0.15) is 26.2 Å². The number of rotatable bonds is 7. The van der Waals surface area contributed by atoms with Crippen molar-refractivity contribution in [2.45, 2.75) is 26.2 Å². The third-order valence-electron chi connectivity index (χ3n) is 6.15. The molecule has 0 atom stereocenters. The van der Waals surface area contributed by atoms with Crippen LogP contribution in [-0.2, 0) is 4.79 Å².